The molecular formula is C13H27N3O. The molecule has 1 fully saturated rings. The van der Waals surface area contributed by atoms with Crippen molar-refractivity contribution in [3.05, 3.63) is 0 Å². The predicted molar refractivity (Wildman–Crippen MR) is 71.0 cm³/mol. The van der Waals surface area contributed by atoms with E-state index in [1.807, 2.05) is 0 Å². The zero-order valence-electron chi connectivity index (χ0n) is 11.5. The third-order valence-corrected chi connectivity index (χ3v) is 3.12. The molecule has 1 unspecified atom stereocenters. The van der Waals surface area contributed by atoms with E-state index in [1.54, 1.807) is 0 Å². The second-order valence-electron chi connectivity index (χ2n) is 5.50. The first-order chi connectivity index (χ1) is 8.08. The zero-order chi connectivity index (χ0) is 12.7. The van der Waals surface area contributed by atoms with Crippen molar-refractivity contribution in [3.63, 3.8) is 0 Å². The van der Waals surface area contributed by atoms with Gasteiger partial charge in [-0.2, -0.15) is 0 Å². The highest BCUT2D eigenvalue weighted by Crippen LogP contribution is 2.07. The van der Waals surface area contributed by atoms with Crippen LogP contribution in [-0.4, -0.2) is 50.1 Å². The van der Waals surface area contributed by atoms with Gasteiger partial charge in [0.1, 0.15) is 0 Å². The first-order valence-corrected chi connectivity index (χ1v) is 6.76. The zero-order valence-corrected chi connectivity index (χ0v) is 11.5. The lowest BCUT2D eigenvalue weighted by molar-refractivity contribution is -0.121. The van der Waals surface area contributed by atoms with E-state index in [0.717, 1.165) is 19.6 Å². The highest BCUT2D eigenvalue weighted by Gasteiger charge is 2.16. The molecule has 1 rings (SSSR count). The number of likely N-dealkylation sites (N-methyl/N-ethyl adjacent to an activating group) is 1. The van der Waals surface area contributed by atoms with E-state index in [4.69, 9.17) is 0 Å². The SMILES string of the molecule is CC(C)CNC(=O)CCNC1CCCN(C)C1. The Balaban J connectivity index is 2.04. The van der Waals surface area contributed by atoms with Crippen molar-refractivity contribution in [2.45, 2.75) is 39.2 Å². The predicted octanol–water partition coefficient (Wildman–Crippen LogP) is 0.833. The number of carbonyl (C=O) groups is 1. The molecule has 0 saturated carbocycles. The van der Waals surface area contributed by atoms with Crippen LogP contribution in [0.2, 0.25) is 0 Å². The molecule has 1 aliphatic rings. The van der Waals surface area contributed by atoms with Crippen molar-refractivity contribution in [1.29, 1.82) is 0 Å². The van der Waals surface area contributed by atoms with Gasteiger partial charge in [0.2, 0.25) is 5.91 Å². The van der Waals surface area contributed by atoms with Crippen LogP contribution in [0.5, 0.6) is 0 Å². The molecule has 0 aromatic heterocycles. The number of nitrogens with zero attached hydrogens (tertiary/aromatic N) is 1. The molecule has 0 spiro atoms. The van der Waals surface area contributed by atoms with Crippen molar-refractivity contribution in [2.24, 2.45) is 5.92 Å². The minimum absolute atomic E-state index is 0.162. The molecule has 0 radical (unpaired) electrons. The highest BCUT2D eigenvalue weighted by molar-refractivity contribution is 5.76. The maximum absolute atomic E-state index is 11.5. The molecule has 1 saturated heterocycles. The Morgan fingerprint density at radius 2 is 2.24 bits per heavy atom. The van der Waals surface area contributed by atoms with Crippen LogP contribution in [0.1, 0.15) is 33.1 Å². The second kappa shape index (κ2) is 7.67. The van der Waals surface area contributed by atoms with Crippen LogP contribution in [0.25, 0.3) is 0 Å². The quantitative estimate of drug-likeness (QED) is 0.724. The van der Waals surface area contributed by atoms with Crippen LogP contribution in [0.4, 0.5) is 0 Å². The largest absolute Gasteiger partial charge is 0.356 e. The Morgan fingerprint density at radius 1 is 1.47 bits per heavy atom. The fraction of sp³-hybridized carbons (Fsp3) is 0.923. The van der Waals surface area contributed by atoms with E-state index in [1.165, 1.54) is 19.4 Å². The standard InChI is InChI=1S/C13H27N3O/c1-11(2)9-15-13(17)6-7-14-12-5-4-8-16(3)10-12/h11-12,14H,4-10H2,1-3H3,(H,15,17). The van der Waals surface area contributed by atoms with Crippen molar-refractivity contribution in [1.82, 2.24) is 15.5 Å². The summed E-state index contributed by atoms with van der Waals surface area (Å²) in [5, 5.41) is 6.41. The summed E-state index contributed by atoms with van der Waals surface area (Å²) in [7, 11) is 2.16. The Morgan fingerprint density at radius 3 is 2.88 bits per heavy atom. The molecule has 1 heterocycles. The first-order valence-electron chi connectivity index (χ1n) is 6.76. The number of likely N-dealkylation sites (tertiary alicyclic amines) is 1. The van der Waals surface area contributed by atoms with Gasteiger partial charge in [0.15, 0.2) is 0 Å². The van der Waals surface area contributed by atoms with Crippen LogP contribution in [0.3, 0.4) is 0 Å². The van der Waals surface area contributed by atoms with E-state index in [0.29, 0.717) is 18.4 Å². The number of hydrogen-bond donors (Lipinski definition) is 2. The maximum Gasteiger partial charge on any atom is 0.221 e. The van der Waals surface area contributed by atoms with Crippen LogP contribution < -0.4 is 10.6 Å². The van der Waals surface area contributed by atoms with Crippen molar-refractivity contribution in [3.8, 4) is 0 Å². The summed E-state index contributed by atoms with van der Waals surface area (Å²) in [5.74, 6) is 0.689. The van der Waals surface area contributed by atoms with Crippen molar-refractivity contribution in [2.75, 3.05) is 33.2 Å². The average molecular weight is 241 g/mol. The lowest BCUT2D eigenvalue weighted by atomic mass is 10.1. The van der Waals surface area contributed by atoms with E-state index in [2.05, 4.69) is 36.4 Å². The molecule has 4 heteroatoms. The van der Waals surface area contributed by atoms with Gasteiger partial charge in [-0.3, -0.25) is 4.79 Å². The fourth-order valence-electron chi connectivity index (χ4n) is 2.13. The number of hydrogen-bond acceptors (Lipinski definition) is 3. The fourth-order valence-corrected chi connectivity index (χ4v) is 2.13. The van der Waals surface area contributed by atoms with Gasteiger partial charge >= 0.3 is 0 Å². The van der Waals surface area contributed by atoms with Gasteiger partial charge in [0, 0.05) is 32.1 Å². The van der Waals surface area contributed by atoms with Gasteiger partial charge in [-0.15, -0.1) is 0 Å². The minimum atomic E-state index is 0.162. The van der Waals surface area contributed by atoms with Gasteiger partial charge in [-0.25, -0.2) is 0 Å². The smallest absolute Gasteiger partial charge is 0.221 e. The molecule has 2 N–H and O–H groups in total. The molecule has 1 aliphatic heterocycles. The normalized spacial score (nSPS) is 21.8. The van der Waals surface area contributed by atoms with Crippen LogP contribution in [-0.2, 0) is 4.79 Å². The molecule has 17 heavy (non-hydrogen) atoms. The Hall–Kier alpha value is -0.610. The lowest BCUT2D eigenvalue weighted by Crippen LogP contribution is -2.45. The number of rotatable bonds is 6. The number of piperidine rings is 1. The van der Waals surface area contributed by atoms with Crippen molar-refractivity contribution >= 4 is 5.91 Å². The molecule has 0 bridgehead atoms. The Bertz CT molecular complexity index is 231. The van der Waals surface area contributed by atoms with Gasteiger partial charge in [-0.1, -0.05) is 13.8 Å². The summed E-state index contributed by atoms with van der Waals surface area (Å²) in [4.78, 5) is 13.8. The lowest BCUT2D eigenvalue weighted by Gasteiger charge is -2.30. The molecule has 0 aromatic carbocycles. The van der Waals surface area contributed by atoms with E-state index < -0.39 is 0 Å². The highest BCUT2D eigenvalue weighted by atomic mass is 16.1. The number of nitrogens with one attached hydrogen (secondary N) is 2. The van der Waals surface area contributed by atoms with Gasteiger partial charge < -0.3 is 15.5 Å². The molecule has 0 aromatic rings. The van der Waals surface area contributed by atoms with Crippen LogP contribution in [0, 0.1) is 5.92 Å². The Kier molecular flexibility index (Phi) is 6.52. The number of carbonyl (C=O) groups excluding carboxylic acids is 1. The molecule has 100 valence electrons. The molecule has 4 nitrogen and oxygen atoms in total. The summed E-state index contributed by atoms with van der Waals surface area (Å²) in [6.07, 6.45) is 3.08. The second-order valence-corrected chi connectivity index (χ2v) is 5.50. The average Bonchev–Trinajstić information content (AvgIpc) is 2.26. The first kappa shape index (κ1) is 14.5. The summed E-state index contributed by atoms with van der Waals surface area (Å²) in [6.45, 7) is 8.10. The third kappa shape index (κ3) is 6.64. The maximum atomic E-state index is 11.5. The summed E-state index contributed by atoms with van der Waals surface area (Å²) >= 11 is 0. The van der Waals surface area contributed by atoms with E-state index in [9.17, 15) is 4.79 Å². The summed E-state index contributed by atoms with van der Waals surface area (Å²) in [5.41, 5.74) is 0. The molecule has 1 atom stereocenters. The van der Waals surface area contributed by atoms with Gasteiger partial charge in [0.05, 0.1) is 0 Å². The Labute approximate surface area is 105 Å². The summed E-state index contributed by atoms with van der Waals surface area (Å²) < 4.78 is 0. The molecule has 0 aliphatic carbocycles. The van der Waals surface area contributed by atoms with E-state index >= 15 is 0 Å². The topological polar surface area (TPSA) is 44.4 Å². The minimum Gasteiger partial charge on any atom is -0.356 e. The monoisotopic (exact) mass is 241 g/mol. The number of amides is 1. The summed E-state index contributed by atoms with van der Waals surface area (Å²) in [6, 6.07) is 0.562. The third-order valence-electron chi connectivity index (χ3n) is 3.12. The van der Waals surface area contributed by atoms with Gasteiger partial charge in [0.25, 0.3) is 0 Å². The van der Waals surface area contributed by atoms with E-state index in [-0.39, 0.29) is 5.91 Å². The van der Waals surface area contributed by atoms with Crippen molar-refractivity contribution < 1.29 is 4.79 Å². The molecule has 1 amide bonds. The van der Waals surface area contributed by atoms with Crippen LogP contribution in [0.15, 0.2) is 0 Å². The van der Waals surface area contributed by atoms with Crippen LogP contribution >= 0.6 is 0 Å². The van der Waals surface area contributed by atoms with Gasteiger partial charge in [-0.05, 0) is 32.4 Å². The molecular weight excluding hydrogens is 214 g/mol.